The maximum atomic E-state index is 8.83. The molecule has 0 aromatic rings. The molecule has 0 bridgehead atoms. The third-order valence-electron chi connectivity index (χ3n) is 2.59. The Hall–Kier alpha value is -1.06. The molecule has 4 nitrogen and oxygen atoms in total. The number of hydrogen-bond acceptors (Lipinski definition) is 4. The van der Waals surface area contributed by atoms with Crippen molar-refractivity contribution in [2.45, 2.75) is 34.1 Å². The van der Waals surface area contributed by atoms with Crippen LogP contribution >= 0.6 is 0 Å². The average Bonchev–Trinajstić information content (AvgIpc) is 2.13. The van der Waals surface area contributed by atoms with Crippen molar-refractivity contribution in [1.82, 2.24) is 0 Å². The van der Waals surface area contributed by atoms with Gasteiger partial charge in [0, 0.05) is 10.8 Å². The summed E-state index contributed by atoms with van der Waals surface area (Å²) in [7, 11) is 0. The van der Waals surface area contributed by atoms with Gasteiger partial charge in [0.25, 0.3) is 0 Å². The summed E-state index contributed by atoms with van der Waals surface area (Å²) >= 11 is 0. The van der Waals surface area contributed by atoms with Crippen molar-refractivity contribution >= 4 is 11.4 Å². The van der Waals surface area contributed by atoms with Crippen LogP contribution in [0.5, 0.6) is 0 Å². The van der Waals surface area contributed by atoms with E-state index in [-0.39, 0.29) is 10.8 Å². The molecule has 1 aliphatic rings. The molecule has 4 heteroatoms. The van der Waals surface area contributed by atoms with E-state index >= 15 is 0 Å². The van der Waals surface area contributed by atoms with Crippen molar-refractivity contribution in [3.8, 4) is 0 Å². The van der Waals surface area contributed by atoms with Crippen molar-refractivity contribution in [2.75, 3.05) is 0 Å². The van der Waals surface area contributed by atoms with E-state index in [9.17, 15) is 0 Å². The molecular formula is C9H16N2O2. The number of hydrogen-bond donors (Lipinski definition) is 2. The Kier molecular flexibility index (Phi) is 2.10. The quantitative estimate of drug-likeness (QED) is 0.447. The monoisotopic (exact) mass is 184 g/mol. The Morgan fingerprint density at radius 1 is 0.923 bits per heavy atom. The van der Waals surface area contributed by atoms with E-state index in [0.717, 1.165) is 6.42 Å². The first-order chi connectivity index (χ1) is 5.85. The van der Waals surface area contributed by atoms with E-state index in [1.807, 2.05) is 27.7 Å². The predicted octanol–water partition coefficient (Wildman–Crippen LogP) is 2.10. The molecule has 0 aromatic heterocycles. The molecule has 2 N–H and O–H groups in total. The van der Waals surface area contributed by atoms with Gasteiger partial charge in [-0.1, -0.05) is 38.0 Å². The Morgan fingerprint density at radius 3 is 1.46 bits per heavy atom. The molecule has 0 spiro atoms. The van der Waals surface area contributed by atoms with E-state index in [4.69, 9.17) is 10.4 Å². The second kappa shape index (κ2) is 2.72. The van der Waals surface area contributed by atoms with E-state index in [0.29, 0.717) is 11.4 Å². The molecule has 0 unspecified atom stereocenters. The summed E-state index contributed by atoms with van der Waals surface area (Å²) in [6.45, 7) is 7.90. The summed E-state index contributed by atoms with van der Waals surface area (Å²) in [5.74, 6) is 0. The second-order valence-corrected chi connectivity index (χ2v) is 4.84. The van der Waals surface area contributed by atoms with Gasteiger partial charge in [-0.05, 0) is 6.42 Å². The molecule has 0 radical (unpaired) electrons. The topological polar surface area (TPSA) is 65.2 Å². The Morgan fingerprint density at radius 2 is 1.23 bits per heavy atom. The minimum Gasteiger partial charge on any atom is -0.411 e. The number of oxime groups is 2. The van der Waals surface area contributed by atoms with Gasteiger partial charge >= 0.3 is 0 Å². The van der Waals surface area contributed by atoms with Gasteiger partial charge in [0.15, 0.2) is 0 Å². The van der Waals surface area contributed by atoms with Crippen LogP contribution < -0.4 is 0 Å². The summed E-state index contributed by atoms with van der Waals surface area (Å²) in [5.41, 5.74) is 0.527. The molecule has 0 aliphatic heterocycles. The molecule has 1 rings (SSSR count). The largest absolute Gasteiger partial charge is 0.411 e. The number of rotatable bonds is 0. The smallest absolute Gasteiger partial charge is 0.110 e. The normalized spacial score (nSPS) is 31.4. The minimum absolute atomic E-state index is 0.222. The van der Waals surface area contributed by atoms with Gasteiger partial charge in [-0.2, -0.15) is 0 Å². The Labute approximate surface area is 77.9 Å². The Balaban J connectivity index is 3.23. The fourth-order valence-electron chi connectivity index (χ4n) is 2.28. The lowest BCUT2D eigenvalue weighted by Crippen LogP contribution is -2.25. The van der Waals surface area contributed by atoms with Crippen LogP contribution in [0.1, 0.15) is 34.1 Å². The fourth-order valence-corrected chi connectivity index (χ4v) is 2.28. The van der Waals surface area contributed by atoms with Crippen LogP contribution in [0.25, 0.3) is 0 Å². The van der Waals surface area contributed by atoms with E-state index in [2.05, 4.69) is 10.3 Å². The highest BCUT2D eigenvalue weighted by Crippen LogP contribution is 2.44. The molecule has 13 heavy (non-hydrogen) atoms. The first-order valence-electron chi connectivity index (χ1n) is 4.30. The highest BCUT2D eigenvalue weighted by molar-refractivity contribution is 6.47. The maximum absolute atomic E-state index is 8.83. The molecule has 0 heterocycles. The van der Waals surface area contributed by atoms with E-state index in [1.165, 1.54) is 0 Å². The first-order valence-corrected chi connectivity index (χ1v) is 4.30. The van der Waals surface area contributed by atoms with Crippen LogP contribution in [0, 0.1) is 10.8 Å². The average molecular weight is 184 g/mol. The maximum Gasteiger partial charge on any atom is 0.110 e. The Bertz CT molecular complexity index is 249. The van der Waals surface area contributed by atoms with Crippen LogP contribution in [-0.4, -0.2) is 21.8 Å². The molecule has 74 valence electrons. The van der Waals surface area contributed by atoms with Crippen LogP contribution in [0.15, 0.2) is 10.3 Å². The van der Waals surface area contributed by atoms with Crippen LogP contribution in [-0.2, 0) is 0 Å². The van der Waals surface area contributed by atoms with Crippen molar-refractivity contribution in [1.29, 1.82) is 0 Å². The van der Waals surface area contributed by atoms with Gasteiger partial charge in [-0.25, -0.2) is 0 Å². The zero-order chi connectivity index (χ0) is 10.3. The predicted molar refractivity (Wildman–Crippen MR) is 50.6 cm³/mol. The van der Waals surface area contributed by atoms with Crippen molar-refractivity contribution in [3.05, 3.63) is 0 Å². The molecule has 1 aliphatic carbocycles. The zero-order valence-corrected chi connectivity index (χ0v) is 8.50. The summed E-state index contributed by atoms with van der Waals surface area (Å²) < 4.78 is 0. The van der Waals surface area contributed by atoms with Gasteiger partial charge < -0.3 is 10.4 Å². The van der Waals surface area contributed by atoms with E-state index < -0.39 is 0 Å². The van der Waals surface area contributed by atoms with Crippen LogP contribution in [0.2, 0.25) is 0 Å². The summed E-state index contributed by atoms with van der Waals surface area (Å²) in [6, 6.07) is 0. The minimum atomic E-state index is -0.222. The lowest BCUT2D eigenvalue weighted by atomic mass is 9.84. The van der Waals surface area contributed by atoms with Gasteiger partial charge in [0.1, 0.15) is 11.4 Å². The fraction of sp³-hybridized carbons (Fsp3) is 0.778. The molecule has 0 saturated heterocycles. The molecule has 0 atom stereocenters. The first kappa shape index (κ1) is 10.0. The lowest BCUT2D eigenvalue weighted by molar-refractivity contribution is 0.305. The molecule has 1 saturated carbocycles. The van der Waals surface area contributed by atoms with Crippen LogP contribution in [0.4, 0.5) is 0 Å². The third kappa shape index (κ3) is 1.41. The molecular weight excluding hydrogens is 168 g/mol. The van der Waals surface area contributed by atoms with Gasteiger partial charge in [0.05, 0.1) is 0 Å². The van der Waals surface area contributed by atoms with Gasteiger partial charge in [-0.15, -0.1) is 0 Å². The summed E-state index contributed by atoms with van der Waals surface area (Å²) in [6.07, 6.45) is 0.818. The van der Waals surface area contributed by atoms with Gasteiger partial charge in [0.2, 0.25) is 0 Å². The van der Waals surface area contributed by atoms with Crippen molar-refractivity contribution in [3.63, 3.8) is 0 Å². The standard InChI is InChI=1S/C9H16N2O2/c1-8(2)5-9(3,4)7(11-13)6(8)10-12/h12-13H,5H2,1-4H3/b10-6+,11-7+. The second-order valence-electron chi connectivity index (χ2n) is 4.84. The highest BCUT2D eigenvalue weighted by Gasteiger charge is 2.48. The van der Waals surface area contributed by atoms with Gasteiger partial charge in [-0.3, -0.25) is 0 Å². The summed E-state index contributed by atoms with van der Waals surface area (Å²) in [5, 5.41) is 24.1. The van der Waals surface area contributed by atoms with Crippen molar-refractivity contribution < 1.29 is 10.4 Å². The molecule has 1 fully saturated rings. The molecule has 0 aromatic carbocycles. The van der Waals surface area contributed by atoms with E-state index in [1.54, 1.807) is 0 Å². The van der Waals surface area contributed by atoms with Crippen molar-refractivity contribution in [2.24, 2.45) is 21.1 Å². The molecule has 0 amide bonds. The SMILES string of the molecule is CC1(C)CC(C)(C)C(=N/O)/C1=N\O. The third-order valence-corrected chi connectivity index (χ3v) is 2.59. The highest BCUT2D eigenvalue weighted by atomic mass is 16.4. The zero-order valence-electron chi connectivity index (χ0n) is 8.50. The number of nitrogens with zero attached hydrogens (tertiary/aromatic N) is 2. The van der Waals surface area contributed by atoms with Crippen LogP contribution in [0.3, 0.4) is 0 Å². The lowest BCUT2D eigenvalue weighted by Gasteiger charge is -2.19. The summed E-state index contributed by atoms with van der Waals surface area (Å²) in [4.78, 5) is 0.